The SMILES string of the molecule is CCC(CC)[NH2+][C@@H](C(=O)Nc1cc(C)ccc1OC)c1ccccc1. The number of rotatable bonds is 8. The van der Waals surface area contributed by atoms with E-state index in [0.717, 1.165) is 24.0 Å². The molecule has 4 heteroatoms. The summed E-state index contributed by atoms with van der Waals surface area (Å²) in [5.41, 5.74) is 2.81. The fourth-order valence-corrected chi connectivity index (χ4v) is 2.97. The van der Waals surface area contributed by atoms with E-state index >= 15 is 0 Å². The highest BCUT2D eigenvalue weighted by atomic mass is 16.5. The number of amides is 1. The lowest BCUT2D eigenvalue weighted by Gasteiger charge is -2.21. The standard InChI is InChI=1S/C21H28N2O2/c1-5-17(6-2)22-20(16-10-8-7-9-11-16)21(24)23-18-14-15(3)12-13-19(18)25-4/h7-14,17,20,22H,5-6H2,1-4H3,(H,23,24)/p+1/t20-/m1/s1. The minimum atomic E-state index is -0.281. The van der Waals surface area contributed by atoms with Crippen LogP contribution in [0.4, 0.5) is 5.69 Å². The Bertz CT molecular complexity index is 682. The van der Waals surface area contributed by atoms with Gasteiger partial charge in [-0.05, 0) is 37.5 Å². The zero-order chi connectivity index (χ0) is 18.2. The van der Waals surface area contributed by atoms with Crippen molar-refractivity contribution in [1.29, 1.82) is 0 Å². The zero-order valence-electron chi connectivity index (χ0n) is 15.6. The summed E-state index contributed by atoms with van der Waals surface area (Å²) in [4.78, 5) is 13.1. The van der Waals surface area contributed by atoms with Gasteiger partial charge >= 0.3 is 0 Å². The normalized spacial score (nSPS) is 12.0. The molecule has 0 unspecified atom stereocenters. The van der Waals surface area contributed by atoms with Crippen molar-refractivity contribution in [2.45, 2.75) is 45.7 Å². The molecule has 0 aliphatic carbocycles. The van der Waals surface area contributed by atoms with E-state index in [2.05, 4.69) is 24.5 Å². The molecule has 2 rings (SSSR count). The van der Waals surface area contributed by atoms with Gasteiger partial charge in [-0.25, -0.2) is 0 Å². The quantitative estimate of drug-likeness (QED) is 0.773. The van der Waals surface area contributed by atoms with Crippen molar-refractivity contribution < 1.29 is 14.8 Å². The Balaban J connectivity index is 2.28. The summed E-state index contributed by atoms with van der Waals surface area (Å²) in [6, 6.07) is 15.9. The largest absolute Gasteiger partial charge is 0.495 e. The summed E-state index contributed by atoms with van der Waals surface area (Å²) in [5.74, 6) is 0.648. The summed E-state index contributed by atoms with van der Waals surface area (Å²) >= 11 is 0. The third kappa shape index (κ3) is 5.07. The van der Waals surface area contributed by atoms with Crippen molar-refractivity contribution in [3.05, 3.63) is 59.7 Å². The summed E-state index contributed by atoms with van der Waals surface area (Å²) in [7, 11) is 1.62. The maximum Gasteiger partial charge on any atom is 0.287 e. The van der Waals surface area contributed by atoms with Gasteiger partial charge in [-0.2, -0.15) is 0 Å². The van der Waals surface area contributed by atoms with Gasteiger partial charge in [-0.3, -0.25) is 4.79 Å². The lowest BCUT2D eigenvalue weighted by Crippen LogP contribution is -2.92. The van der Waals surface area contributed by atoms with E-state index in [1.54, 1.807) is 7.11 Å². The Labute approximate surface area is 150 Å². The second-order valence-electron chi connectivity index (χ2n) is 6.35. The average molecular weight is 341 g/mol. The Hall–Kier alpha value is -2.33. The highest BCUT2D eigenvalue weighted by Gasteiger charge is 2.27. The minimum absolute atomic E-state index is 0.0259. The molecule has 0 radical (unpaired) electrons. The van der Waals surface area contributed by atoms with Gasteiger partial charge in [0.15, 0.2) is 6.04 Å². The molecule has 0 aromatic heterocycles. The first kappa shape index (κ1) is 19.0. The number of nitrogens with two attached hydrogens (primary N) is 1. The molecule has 0 heterocycles. The maximum atomic E-state index is 13.1. The molecule has 0 saturated carbocycles. The first-order valence-electron chi connectivity index (χ1n) is 8.94. The highest BCUT2D eigenvalue weighted by molar-refractivity contribution is 5.95. The van der Waals surface area contributed by atoms with Gasteiger partial charge in [0.2, 0.25) is 0 Å². The van der Waals surface area contributed by atoms with Gasteiger partial charge < -0.3 is 15.4 Å². The van der Waals surface area contributed by atoms with Crippen molar-refractivity contribution in [3.63, 3.8) is 0 Å². The number of carbonyl (C=O) groups excluding carboxylic acids is 1. The van der Waals surface area contributed by atoms with Crippen LogP contribution in [0.2, 0.25) is 0 Å². The Kier molecular flexibility index (Phi) is 7.02. The predicted molar refractivity (Wildman–Crippen MR) is 102 cm³/mol. The molecule has 0 saturated heterocycles. The van der Waals surface area contributed by atoms with Crippen molar-refractivity contribution >= 4 is 11.6 Å². The molecule has 1 amide bonds. The molecule has 2 aromatic rings. The molecule has 25 heavy (non-hydrogen) atoms. The van der Waals surface area contributed by atoms with E-state index in [0.29, 0.717) is 17.5 Å². The van der Waals surface area contributed by atoms with Gasteiger partial charge in [0, 0.05) is 5.56 Å². The smallest absolute Gasteiger partial charge is 0.287 e. The van der Waals surface area contributed by atoms with Crippen LogP contribution < -0.4 is 15.4 Å². The molecule has 3 N–H and O–H groups in total. The third-order valence-electron chi connectivity index (χ3n) is 4.57. The topological polar surface area (TPSA) is 54.9 Å². The fourth-order valence-electron chi connectivity index (χ4n) is 2.97. The Morgan fingerprint density at radius 2 is 1.80 bits per heavy atom. The summed E-state index contributed by atoms with van der Waals surface area (Å²) in [5, 5.41) is 5.23. The first-order valence-corrected chi connectivity index (χ1v) is 8.94. The Morgan fingerprint density at radius 3 is 2.40 bits per heavy atom. The molecule has 1 atom stereocenters. The van der Waals surface area contributed by atoms with Crippen LogP contribution in [0.15, 0.2) is 48.5 Å². The summed E-state index contributed by atoms with van der Waals surface area (Å²) in [6.45, 7) is 6.32. The maximum absolute atomic E-state index is 13.1. The number of aryl methyl sites for hydroxylation is 1. The van der Waals surface area contributed by atoms with Crippen LogP contribution in [0.25, 0.3) is 0 Å². The van der Waals surface area contributed by atoms with Gasteiger partial charge in [0.05, 0.1) is 18.8 Å². The number of methoxy groups -OCH3 is 1. The van der Waals surface area contributed by atoms with Crippen molar-refractivity contribution in [2.24, 2.45) is 0 Å². The van der Waals surface area contributed by atoms with Crippen LogP contribution in [-0.4, -0.2) is 19.1 Å². The van der Waals surface area contributed by atoms with Crippen LogP contribution in [0.5, 0.6) is 5.75 Å². The zero-order valence-corrected chi connectivity index (χ0v) is 15.6. The summed E-state index contributed by atoms with van der Waals surface area (Å²) < 4.78 is 5.39. The number of ether oxygens (including phenoxy) is 1. The fraction of sp³-hybridized carbons (Fsp3) is 0.381. The molecule has 2 aromatic carbocycles. The second-order valence-corrected chi connectivity index (χ2v) is 6.35. The molecular formula is C21H29N2O2+. The van der Waals surface area contributed by atoms with E-state index in [9.17, 15) is 4.79 Å². The molecule has 4 nitrogen and oxygen atoms in total. The summed E-state index contributed by atoms with van der Waals surface area (Å²) in [6.07, 6.45) is 2.06. The number of hydrogen-bond acceptors (Lipinski definition) is 2. The predicted octanol–water partition coefficient (Wildman–Crippen LogP) is 3.44. The lowest BCUT2D eigenvalue weighted by molar-refractivity contribution is -0.715. The van der Waals surface area contributed by atoms with Gasteiger partial charge in [0.25, 0.3) is 5.91 Å². The number of benzene rings is 2. The third-order valence-corrected chi connectivity index (χ3v) is 4.57. The number of carbonyl (C=O) groups is 1. The van der Waals surface area contributed by atoms with E-state index in [4.69, 9.17) is 4.74 Å². The van der Waals surface area contributed by atoms with Crippen LogP contribution >= 0.6 is 0 Å². The van der Waals surface area contributed by atoms with E-state index in [1.165, 1.54) is 0 Å². The minimum Gasteiger partial charge on any atom is -0.495 e. The van der Waals surface area contributed by atoms with E-state index in [1.807, 2.05) is 55.5 Å². The Morgan fingerprint density at radius 1 is 1.12 bits per heavy atom. The van der Waals surface area contributed by atoms with Crippen LogP contribution in [-0.2, 0) is 4.79 Å². The molecule has 134 valence electrons. The lowest BCUT2D eigenvalue weighted by atomic mass is 10.0. The molecule has 0 aliphatic heterocycles. The number of anilines is 1. The number of nitrogens with one attached hydrogen (secondary N) is 1. The van der Waals surface area contributed by atoms with Gasteiger partial charge in [0.1, 0.15) is 5.75 Å². The molecule has 0 fully saturated rings. The van der Waals surface area contributed by atoms with Gasteiger partial charge in [-0.15, -0.1) is 0 Å². The number of hydrogen-bond donors (Lipinski definition) is 2. The van der Waals surface area contributed by atoms with E-state index in [-0.39, 0.29) is 11.9 Å². The first-order chi connectivity index (χ1) is 12.1. The average Bonchev–Trinajstić information content (AvgIpc) is 2.63. The van der Waals surface area contributed by atoms with Crippen LogP contribution in [0.1, 0.15) is 43.9 Å². The van der Waals surface area contributed by atoms with E-state index < -0.39 is 0 Å². The van der Waals surface area contributed by atoms with Gasteiger partial charge in [-0.1, -0.05) is 50.2 Å². The molecule has 0 aliphatic rings. The van der Waals surface area contributed by atoms with Crippen molar-refractivity contribution in [3.8, 4) is 5.75 Å². The van der Waals surface area contributed by atoms with Crippen LogP contribution in [0.3, 0.4) is 0 Å². The van der Waals surface area contributed by atoms with Crippen molar-refractivity contribution in [1.82, 2.24) is 0 Å². The molecular weight excluding hydrogens is 312 g/mol. The monoisotopic (exact) mass is 341 g/mol. The highest BCUT2D eigenvalue weighted by Crippen LogP contribution is 2.26. The number of quaternary nitrogens is 1. The van der Waals surface area contributed by atoms with Crippen LogP contribution in [0, 0.1) is 6.92 Å². The molecule has 0 spiro atoms. The van der Waals surface area contributed by atoms with Crippen molar-refractivity contribution in [2.75, 3.05) is 12.4 Å². The molecule has 0 bridgehead atoms. The second kappa shape index (κ2) is 9.23.